The van der Waals surface area contributed by atoms with E-state index in [0.29, 0.717) is 12.3 Å². The molecule has 3 rings (SSSR count). The number of sulfonamides is 1. The van der Waals surface area contributed by atoms with Gasteiger partial charge in [-0.05, 0) is 42.7 Å². The minimum atomic E-state index is -3.22. The van der Waals surface area contributed by atoms with Crippen molar-refractivity contribution in [3.63, 3.8) is 0 Å². The van der Waals surface area contributed by atoms with Gasteiger partial charge in [0, 0.05) is 25.3 Å². The van der Waals surface area contributed by atoms with Crippen molar-refractivity contribution in [2.75, 3.05) is 24.8 Å². The maximum atomic E-state index is 12.6. The monoisotopic (exact) mass is 388 g/mol. The Bertz CT molecular complexity index is 925. The number of nitrogens with zero attached hydrogens (tertiary/aromatic N) is 2. The lowest BCUT2D eigenvalue weighted by Gasteiger charge is -2.22. The van der Waals surface area contributed by atoms with Gasteiger partial charge in [0.15, 0.2) is 6.61 Å². The molecule has 0 spiro atoms. The number of rotatable bonds is 6. The maximum Gasteiger partial charge on any atom is 0.265 e. The van der Waals surface area contributed by atoms with E-state index in [1.54, 1.807) is 29.2 Å². The Kier molecular flexibility index (Phi) is 5.53. The predicted octanol–water partition coefficient (Wildman–Crippen LogP) is 2.43. The first-order chi connectivity index (χ1) is 12.8. The second-order valence-electron chi connectivity index (χ2n) is 6.90. The minimum Gasteiger partial charge on any atom is -0.484 e. The van der Waals surface area contributed by atoms with Crippen LogP contribution in [-0.4, -0.2) is 44.6 Å². The average Bonchev–Trinajstić information content (AvgIpc) is 2.96. The Hall–Kier alpha value is -2.38. The molecule has 0 unspecified atom stereocenters. The molecular weight excluding hydrogens is 364 g/mol. The van der Waals surface area contributed by atoms with Crippen LogP contribution < -0.4 is 9.64 Å². The Balaban J connectivity index is 1.60. The van der Waals surface area contributed by atoms with Gasteiger partial charge in [0.05, 0.1) is 6.26 Å². The second kappa shape index (κ2) is 7.70. The van der Waals surface area contributed by atoms with Crippen molar-refractivity contribution in [1.82, 2.24) is 4.31 Å². The fraction of sp³-hybridized carbons (Fsp3) is 0.350. The number of ether oxygens (including phenoxy) is 1. The van der Waals surface area contributed by atoms with Crippen LogP contribution in [0.5, 0.6) is 5.75 Å². The highest BCUT2D eigenvalue weighted by molar-refractivity contribution is 7.88. The van der Waals surface area contributed by atoms with E-state index in [-0.39, 0.29) is 18.6 Å². The fourth-order valence-corrected chi connectivity index (χ4v) is 3.61. The van der Waals surface area contributed by atoms with Crippen LogP contribution in [0.2, 0.25) is 0 Å². The van der Waals surface area contributed by atoms with Crippen molar-refractivity contribution in [3.05, 3.63) is 59.7 Å². The molecule has 1 amide bonds. The van der Waals surface area contributed by atoms with E-state index in [1.165, 1.54) is 23.2 Å². The van der Waals surface area contributed by atoms with Crippen LogP contribution in [0.1, 0.15) is 18.1 Å². The zero-order valence-electron chi connectivity index (χ0n) is 15.8. The number of benzene rings is 2. The number of hydrogen-bond acceptors (Lipinski definition) is 4. The largest absolute Gasteiger partial charge is 0.484 e. The summed E-state index contributed by atoms with van der Waals surface area (Å²) in [5.74, 6) is 0.502. The summed E-state index contributed by atoms with van der Waals surface area (Å²) >= 11 is 0. The Labute approximate surface area is 160 Å². The summed E-state index contributed by atoms with van der Waals surface area (Å²) in [6.07, 6.45) is 2.03. The molecule has 0 N–H and O–H groups in total. The number of anilines is 1. The number of amides is 1. The summed E-state index contributed by atoms with van der Waals surface area (Å²) in [6.45, 7) is 2.28. The Morgan fingerprint density at radius 1 is 1.19 bits per heavy atom. The smallest absolute Gasteiger partial charge is 0.265 e. The minimum absolute atomic E-state index is 0.0404. The molecule has 7 heteroatoms. The van der Waals surface area contributed by atoms with Crippen molar-refractivity contribution in [3.8, 4) is 5.75 Å². The molecule has 2 aromatic carbocycles. The van der Waals surface area contributed by atoms with Gasteiger partial charge in [0.1, 0.15) is 5.75 Å². The van der Waals surface area contributed by atoms with Crippen LogP contribution in [0.3, 0.4) is 0 Å². The third-order valence-electron chi connectivity index (χ3n) is 4.73. The molecule has 0 radical (unpaired) electrons. The van der Waals surface area contributed by atoms with Gasteiger partial charge in [-0.25, -0.2) is 12.7 Å². The molecular formula is C20H24N2O4S. The molecule has 0 saturated heterocycles. The standard InChI is InChI=1S/C20H24N2O4S/c1-15-12-17-6-4-5-7-19(17)22(15)20(23)14-26-18-10-8-16(9-11-18)13-21(2)27(3,24)25/h4-11,15H,12-14H2,1-3H3/t15-/m1/s1. The van der Waals surface area contributed by atoms with E-state index in [9.17, 15) is 13.2 Å². The molecule has 0 aromatic heterocycles. The van der Waals surface area contributed by atoms with Crippen molar-refractivity contribution in [1.29, 1.82) is 0 Å². The summed E-state index contributed by atoms with van der Waals surface area (Å²) < 4.78 is 29.9. The summed E-state index contributed by atoms with van der Waals surface area (Å²) in [5, 5.41) is 0. The maximum absolute atomic E-state index is 12.6. The molecule has 0 fully saturated rings. The molecule has 0 aliphatic carbocycles. The molecule has 1 heterocycles. The highest BCUT2D eigenvalue weighted by Crippen LogP contribution is 2.31. The van der Waals surface area contributed by atoms with Gasteiger partial charge >= 0.3 is 0 Å². The lowest BCUT2D eigenvalue weighted by atomic mass is 10.1. The van der Waals surface area contributed by atoms with Gasteiger partial charge in [-0.2, -0.15) is 0 Å². The van der Waals surface area contributed by atoms with E-state index < -0.39 is 10.0 Å². The topological polar surface area (TPSA) is 66.9 Å². The van der Waals surface area contributed by atoms with E-state index in [1.807, 2.05) is 31.2 Å². The van der Waals surface area contributed by atoms with E-state index in [0.717, 1.165) is 17.7 Å². The van der Waals surface area contributed by atoms with Gasteiger partial charge in [0.25, 0.3) is 5.91 Å². The zero-order chi connectivity index (χ0) is 19.6. The second-order valence-corrected chi connectivity index (χ2v) is 8.99. The third kappa shape index (κ3) is 4.48. The molecule has 0 saturated carbocycles. The van der Waals surface area contributed by atoms with Gasteiger partial charge in [-0.3, -0.25) is 4.79 Å². The fourth-order valence-electron chi connectivity index (χ4n) is 3.23. The summed E-state index contributed by atoms with van der Waals surface area (Å²) in [4.78, 5) is 14.4. The first kappa shape index (κ1) is 19.4. The first-order valence-electron chi connectivity index (χ1n) is 8.78. The van der Waals surface area contributed by atoms with Gasteiger partial charge in [-0.1, -0.05) is 30.3 Å². The molecule has 6 nitrogen and oxygen atoms in total. The SMILES string of the molecule is C[C@@H]1Cc2ccccc2N1C(=O)COc1ccc(CN(C)S(C)(=O)=O)cc1. The first-order valence-corrected chi connectivity index (χ1v) is 10.6. The summed E-state index contributed by atoms with van der Waals surface area (Å²) in [6, 6.07) is 15.1. The normalized spacial score (nSPS) is 16.4. The average molecular weight is 388 g/mol. The number of carbonyl (C=O) groups is 1. The lowest BCUT2D eigenvalue weighted by molar-refractivity contribution is -0.120. The van der Waals surface area contributed by atoms with Crippen LogP contribution in [0.15, 0.2) is 48.5 Å². The zero-order valence-corrected chi connectivity index (χ0v) is 16.6. The molecule has 1 atom stereocenters. The highest BCUT2D eigenvalue weighted by atomic mass is 32.2. The molecule has 0 bridgehead atoms. The predicted molar refractivity (Wildman–Crippen MR) is 105 cm³/mol. The van der Waals surface area contributed by atoms with Crippen LogP contribution in [0.4, 0.5) is 5.69 Å². The van der Waals surface area contributed by atoms with Crippen LogP contribution in [-0.2, 0) is 27.8 Å². The van der Waals surface area contributed by atoms with Gasteiger partial charge in [-0.15, -0.1) is 0 Å². The lowest BCUT2D eigenvalue weighted by Crippen LogP contribution is -2.39. The Morgan fingerprint density at radius 2 is 1.85 bits per heavy atom. The number of para-hydroxylation sites is 1. The molecule has 27 heavy (non-hydrogen) atoms. The van der Waals surface area contributed by atoms with Crippen molar-refractivity contribution >= 4 is 21.6 Å². The van der Waals surface area contributed by atoms with E-state index in [4.69, 9.17) is 4.74 Å². The van der Waals surface area contributed by atoms with Crippen LogP contribution in [0, 0.1) is 0 Å². The van der Waals surface area contributed by atoms with Crippen molar-refractivity contribution in [2.45, 2.75) is 25.9 Å². The molecule has 2 aromatic rings. The molecule has 1 aliphatic rings. The highest BCUT2D eigenvalue weighted by Gasteiger charge is 2.30. The van der Waals surface area contributed by atoms with Gasteiger partial charge < -0.3 is 9.64 Å². The van der Waals surface area contributed by atoms with Crippen molar-refractivity contribution < 1.29 is 17.9 Å². The number of hydrogen-bond donors (Lipinski definition) is 0. The quantitative estimate of drug-likeness (QED) is 0.762. The van der Waals surface area contributed by atoms with Crippen LogP contribution in [0.25, 0.3) is 0 Å². The van der Waals surface area contributed by atoms with E-state index >= 15 is 0 Å². The van der Waals surface area contributed by atoms with E-state index in [2.05, 4.69) is 0 Å². The Morgan fingerprint density at radius 3 is 2.52 bits per heavy atom. The van der Waals surface area contributed by atoms with Crippen LogP contribution >= 0.6 is 0 Å². The van der Waals surface area contributed by atoms with Gasteiger partial charge in [0.2, 0.25) is 10.0 Å². The summed E-state index contributed by atoms with van der Waals surface area (Å²) in [7, 11) is -1.68. The summed E-state index contributed by atoms with van der Waals surface area (Å²) in [5.41, 5.74) is 2.99. The number of carbonyl (C=O) groups excluding carboxylic acids is 1. The van der Waals surface area contributed by atoms with Crippen molar-refractivity contribution in [2.24, 2.45) is 0 Å². The molecule has 1 aliphatic heterocycles. The third-order valence-corrected chi connectivity index (χ3v) is 5.99. The number of fused-ring (bicyclic) bond motifs is 1. The molecule has 144 valence electrons.